The highest BCUT2D eigenvalue weighted by molar-refractivity contribution is 5.85. The Labute approximate surface area is 235 Å². The van der Waals surface area contributed by atoms with Crippen LogP contribution in [-0.4, -0.2) is 85.9 Å². The van der Waals surface area contributed by atoms with E-state index in [4.69, 9.17) is 26.4 Å². The van der Waals surface area contributed by atoms with Crippen LogP contribution in [0.25, 0.3) is 22.3 Å². The number of imidazole rings is 1. The van der Waals surface area contributed by atoms with Crippen molar-refractivity contribution in [3.05, 3.63) is 54.9 Å². The average molecular weight is 564 g/mol. The molecule has 0 amide bonds. The molecule has 0 unspecified atom stereocenters. The Hall–Kier alpha value is -4.50. The second kappa shape index (κ2) is 11.9. The Bertz CT molecular complexity index is 1510. The van der Waals surface area contributed by atoms with Gasteiger partial charge in [0.25, 0.3) is 0 Å². The number of aliphatic hydroxyl groups excluding tert-OH is 3. The highest BCUT2D eigenvalue weighted by atomic mass is 16.6. The van der Waals surface area contributed by atoms with Gasteiger partial charge < -0.3 is 46.5 Å². The van der Waals surface area contributed by atoms with E-state index in [-0.39, 0.29) is 11.8 Å². The number of aromatic nitrogens is 4. The third-order valence-electron chi connectivity index (χ3n) is 6.89. The van der Waals surface area contributed by atoms with Crippen molar-refractivity contribution in [1.82, 2.24) is 24.8 Å². The van der Waals surface area contributed by atoms with Gasteiger partial charge in [0, 0.05) is 19.3 Å². The second-order valence-corrected chi connectivity index (χ2v) is 9.62. The predicted molar refractivity (Wildman–Crippen MR) is 153 cm³/mol. The Morgan fingerprint density at radius 2 is 1.93 bits per heavy atom. The molecular weight excluding hydrogens is 530 g/mol. The van der Waals surface area contributed by atoms with Crippen LogP contribution in [0.3, 0.4) is 0 Å². The van der Waals surface area contributed by atoms with Crippen molar-refractivity contribution in [3.8, 4) is 16.9 Å². The number of guanidine groups is 1. The lowest BCUT2D eigenvalue weighted by molar-refractivity contribution is -0.0503. The van der Waals surface area contributed by atoms with Gasteiger partial charge in [0.15, 0.2) is 29.2 Å². The standard InChI is InChI=1S/C27H33N9O5/c1-35(17-8-6-15(7-9-17)16-4-2-5-18(12-16)40-11-3-10-31-26(29)30)27-34-20-23(28)32-14-33-24(20)36(27)25-22(39)21(38)19(13-37)41-25/h2,4-9,12,14,19,21-22,25,37-39H,3,10-11,13H2,1H3,(H2,28,32,33)(H4,29,30,31)/t19-,21-,22-,25-/m1/s1. The maximum atomic E-state index is 10.8. The molecule has 2 aromatic heterocycles. The Morgan fingerprint density at radius 1 is 1.15 bits per heavy atom. The topological polar surface area (TPSA) is 214 Å². The summed E-state index contributed by atoms with van der Waals surface area (Å²) in [7, 11) is 1.80. The third kappa shape index (κ3) is 5.71. The monoisotopic (exact) mass is 563 g/mol. The van der Waals surface area contributed by atoms with Crippen LogP contribution in [0.15, 0.2) is 54.9 Å². The largest absolute Gasteiger partial charge is 0.494 e. The van der Waals surface area contributed by atoms with Gasteiger partial charge in [-0.3, -0.25) is 9.98 Å². The van der Waals surface area contributed by atoms with Crippen LogP contribution >= 0.6 is 0 Å². The fourth-order valence-electron chi connectivity index (χ4n) is 4.72. The fraction of sp³-hybridized carbons (Fsp3) is 0.333. The van der Waals surface area contributed by atoms with Gasteiger partial charge in [-0.1, -0.05) is 24.3 Å². The fourth-order valence-corrected chi connectivity index (χ4v) is 4.72. The molecule has 216 valence electrons. The zero-order chi connectivity index (χ0) is 29.1. The quantitative estimate of drug-likeness (QED) is 0.0807. The number of benzene rings is 2. The molecule has 0 spiro atoms. The minimum absolute atomic E-state index is 0.0604. The van der Waals surface area contributed by atoms with Gasteiger partial charge in [-0.2, -0.15) is 0 Å². The first-order valence-electron chi connectivity index (χ1n) is 13.0. The minimum atomic E-state index is -1.34. The summed E-state index contributed by atoms with van der Waals surface area (Å²) >= 11 is 0. The minimum Gasteiger partial charge on any atom is -0.494 e. The van der Waals surface area contributed by atoms with E-state index in [1.54, 1.807) is 16.5 Å². The molecule has 1 aliphatic heterocycles. The number of aliphatic hydroxyl groups is 3. The number of ether oxygens (including phenoxy) is 2. The first-order valence-corrected chi connectivity index (χ1v) is 13.0. The van der Waals surface area contributed by atoms with Crippen molar-refractivity contribution in [2.24, 2.45) is 5.73 Å². The van der Waals surface area contributed by atoms with E-state index < -0.39 is 31.1 Å². The molecule has 3 heterocycles. The van der Waals surface area contributed by atoms with E-state index in [1.807, 2.05) is 48.5 Å². The van der Waals surface area contributed by atoms with Crippen LogP contribution in [0.5, 0.6) is 5.75 Å². The van der Waals surface area contributed by atoms with Crippen LogP contribution < -0.4 is 26.4 Å². The summed E-state index contributed by atoms with van der Waals surface area (Å²) in [6, 6.07) is 15.5. The molecule has 0 bridgehead atoms. The zero-order valence-corrected chi connectivity index (χ0v) is 22.4. The number of hydrogen-bond acceptors (Lipinski definition) is 11. The maximum absolute atomic E-state index is 10.8. The Morgan fingerprint density at radius 3 is 2.63 bits per heavy atom. The van der Waals surface area contributed by atoms with E-state index in [0.717, 1.165) is 22.6 Å². The molecule has 2 aromatic carbocycles. The average Bonchev–Trinajstić information content (AvgIpc) is 3.50. The number of rotatable bonds is 10. The molecule has 14 nitrogen and oxygen atoms in total. The normalized spacial score (nSPS) is 20.3. The smallest absolute Gasteiger partial charge is 0.214 e. The summed E-state index contributed by atoms with van der Waals surface area (Å²) in [5.74, 6) is 1.18. The number of fused-ring (bicyclic) bond motifs is 1. The molecule has 0 saturated carbocycles. The van der Waals surface area contributed by atoms with E-state index in [1.165, 1.54) is 6.33 Å². The maximum Gasteiger partial charge on any atom is 0.214 e. The molecule has 4 aromatic rings. The number of nitrogens with two attached hydrogens (primary N) is 2. The van der Waals surface area contributed by atoms with Crippen molar-refractivity contribution in [3.63, 3.8) is 0 Å². The van der Waals surface area contributed by atoms with E-state index in [9.17, 15) is 15.3 Å². The second-order valence-electron chi connectivity index (χ2n) is 9.62. The number of nitrogens with zero attached hydrogens (tertiary/aromatic N) is 5. The highest BCUT2D eigenvalue weighted by Crippen LogP contribution is 2.38. The molecule has 5 rings (SSSR count). The van der Waals surface area contributed by atoms with Gasteiger partial charge in [0.1, 0.15) is 30.4 Å². The summed E-state index contributed by atoms with van der Waals surface area (Å²) in [6.07, 6.45) is -2.68. The first kappa shape index (κ1) is 28.0. The van der Waals surface area contributed by atoms with Gasteiger partial charge >= 0.3 is 0 Å². The summed E-state index contributed by atoms with van der Waals surface area (Å²) < 4.78 is 13.2. The number of hydrogen-bond donors (Lipinski definition) is 7. The van der Waals surface area contributed by atoms with Crippen LogP contribution in [-0.2, 0) is 4.74 Å². The van der Waals surface area contributed by atoms with E-state index in [2.05, 4.69) is 20.3 Å². The van der Waals surface area contributed by atoms with Crippen molar-refractivity contribution in [1.29, 1.82) is 5.41 Å². The van der Waals surface area contributed by atoms with E-state index in [0.29, 0.717) is 36.7 Å². The van der Waals surface area contributed by atoms with Gasteiger partial charge in [-0.05, 0) is 41.8 Å². The molecule has 4 atom stereocenters. The SMILES string of the molecule is CN(c1ccc(-c2cccc(OCCCNC(=N)N)c2)cc1)c1nc2c(N)ncnc2n1[C@@H]1O[C@H](CO)[C@@H](O)[C@H]1O. The third-order valence-corrected chi connectivity index (χ3v) is 6.89. The number of anilines is 3. The summed E-state index contributed by atoms with van der Waals surface area (Å²) in [4.78, 5) is 14.8. The summed E-state index contributed by atoms with van der Waals surface area (Å²) in [6.45, 7) is 0.582. The molecule has 14 heteroatoms. The zero-order valence-electron chi connectivity index (χ0n) is 22.4. The van der Waals surface area contributed by atoms with Gasteiger partial charge in [0.2, 0.25) is 5.95 Å². The lowest BCUT2D eigenvalue weighted by Crippen LogP contribution is -2.33. The Kier molecular flexibility index (Phi) is 8.16. The summed E-state index contributed by atoms with van der Waals surface area (Å²) in [5, 5.41) is 40.7. The molecule has 41 heavy (non-hydrogen) atoms. The number of nitrogens with one attached hydrogen (secondary N) is 2. The highest BCUT2D eigenvalue weighted by Gasteiger charge is 2.45. The van der Waals surface area contributed by atoms with Crippen molar-refractivity contribution in [2.45, 2.75) is 31.0 Å². The van der Waals surface area contributed by atoms with Crippen molar-refractivity contribution < 1.29 is 24.8 Å². The summed E-state index contributed by atoms with van der Waals surface area (Å²) in [5.41, 5.74) is 14.7. The molecule has 9 N–H and O–H groups in total. The number of nitrogen functional groups attached to an aromatic ring is 1. The molecular formula is C27H33N9O5. The Balaban J connectivity index is 1.39. The van der Waals surface area contributed by atoms with Crippen molar-refractivity contribution in [2.75, 3.05) is 37.4 Å². The molecule has 0 aliphatic carbocycles. The lowest BCUT2D eigenvalue weighted by Gasteiger charge is -2.24. The van der Waals surface area contributed by atoms with Gasteiger partial charge in [-0.15, -0.1) is 0 Å². The molecule has 0 radical (unpaired) electrons. The molecule has 1 aliphatic rings. The van der Waals surface area contributed by atoms with Crippen molar-refractivity contribution >= 4 is 34.6 Å². The van der Waals surface area contributed by atoms with Crippen LogP contribution in [0.1, 0.15) is 12.6 Å². The molecule has 1 fully saturated rings. The van der Waals surface area contributed by atoms with Crippen LogP contribution in [0, 0.1) is 5.41 Å². The lowest BCUT2D eigenvalue weighted by atomic mass is 10.0. The predicted octanol–water partition coefficient (Wildman–Crippen LogP) is 0.707. The van der Waals surface area contributed by atoms with Gasteiger partial charge in [0.05, 0.1) is 13.2 Å². The van der Waals surface area contributed by atoms with E-state index >= 15 is 0 Å². The van der Waals surface area contributed by atoms with Gasteiger partial charge in [-0.25, -0.2) is 15.0 Å². The van der Waals surface area contributed by atoms with Crippen LogP contribution in [0.4, 0.5) is 17.5 Å². The van der Waals surface area contributed by atoms with Crippen LogP contribution in [0.2, 0.25) is 0 Å². The molecule has 1 saturated heterocycles. The first-order chi connectivity index (χ1) is 19.8.